The smallest absolute Gasteiger partial charge is 0.224 e. The standard InChI is InChI=1S/C41H43Cl2N5O5/c42-39-40(43)48(26-46-39)24-32-22-36(29-16-14-27(25-49)15-17-29)53-41(52-32)30-20-18-28(19-21-30)33-9-5-4-8-31(33)23-45-37(50)12-2-1-3-13-38(51)47-35-11-7-6-10-34(35)44/h4-11,14-21,26,32,36,41,49H,1-3,12-13,22-25,44H2,(H,45,50)(H,47,51)/t32-,36+,41+/m1/s1. The maximum atomic E-state index is 12.7. The molecule has 2 heterocycles. The average molecular weight is 757 g/mol. The number of hydrogen-bond acceptors (Lipinski definition) is 7. The largest absolute Gasteiger partial charge is 0.397 e. The minimum Gasteiger partial charge on any atom is -0.397 e. The van der Waals surface area contributed by atoms with Crippen LogP contribution in [0.2, 0.25) is 10.3 Å². The Morgan fingerprint density at radius 3 is 2.26 bits per heavy atom. The van der Waals surface area contributed by atoms with Gasteiger partial charge in [-0.2, -0.15) is 0 Å². The SMILES string of the molecule is Nc1ccccc1NC(=O)CCCCCC(=O)NCc1ccccc1-c1ccc([C@H]2O[C@@H](Cn3cnc(Cl)c3Cl)C[C@@H](c3ccc(CO)cc3)O2)cc1. The van der Waals surface area contributed by atoms with Crippen LogP contribution in [0.1, 0.15) is 73.2 Å². The van der Waals surface area contributed by atoms with Crippen LogP contribution < -0.4 is 16.4 Å². The summed E-state index contributed by atoms with van der Waals surface area (Å²) in [5.74, 6) is -0.117. The van der Waals surface area contributed by atoms with Crippen LogP contribution >= 0.6 is 23.2 Å². The Bertz CT molecular complexity index is 1990. The number of aliphatic hydroxyl groups excluding tert-OH is 1. The summed E-state index contributed by atoms with van der Waals surface area (Å²) in [4.78, 5) is 29.1. The average Bonchev–Trinajstić information content (AvgIpc) is 3.50. The van der Waals surface area contributed by atoms with Crippen molar-refractivity contribution in [2.45, 2.75) is 76.7 Å². The number of aromatic nitrogens is 2. The number of nitrogens with two attached hydrogens (primary N) is 1. The van der Waals surface area contributed by atoms with Gasteiger partial charge in [0.25, 0.3) is 0 Å². The fourth-order valence-corrected chi connectivity index (χ4v) is 6.67. The van der Waals surface area contributed by atoms with Gasteiger partial charge >= 0.3 is 0 Å². The molecule has 0 radical (unpaired) electrons. The number of para-hydroxylation sites is 2. The second-order valence-electron chi connectivity index (χ2n) is 13.1. The first-order valence-corrected chi connectivity index (χ1v) is 18.5. The van der Waals surface area contributed by atoms with Crippen LogP contribution in [0.15, 0.2) is 103 Å². The molecule has 10 nitrogen and oxygen atoms in total. The molecule has 1 fully saturated rings. The Hall–Kier alpha value is -4.71. The number of ether oxygens (including phenoxy) is 2. The van der Waals surface area contributed by atoms with E-state index in [0.29, 0.717) is 61.7 Å². The van der Waals surface area contributed by atoms with Gasteiger partial charge in [0, 0.05) is 31.4 Å². The van der Waals surface area contributed by atoms with Crippen molar-refractivity contribution in [3.63, 3.8) is 0 Å². The molecule has 3 atom stereocenters. The molecule has 0 aliphatic carbocycles. The van der Waals surface area contributed by atoms with Gasteiger partial charge in [0.15, 0.2) is 11.4 Å². The van der Waals surface area contributed by atoms with Crippen LogP contribution in [-0.4, -0.2) is 32.6 Å². The number of halogens is 2. The lowest BCUT2D eigenvalue weighted by Gasteiger charge is -2.36. The van der Waals surface area contributed by atoms with Gasteiger partial charge < -0.3 is 35.5 Å². The molecule has 0 spiro atoms. The summed E-state index contributed by atoms with van der Waals surface area (Å²) < 4.78 is 14.8. The van der Waals surface area contributed by atoms with Crippen molar-refractivity contribution < 1.29 is 24.2 Å². The first-order chi connectivity index (χ1) is 25.8. The van der Waals surface area contributed by atoms with Gasteiger partial charge in [-0.3, -0.25) is 9.59 Å². The number of hydrogen-bond donors (Lipinski definition) is 4. The molecule has 0 unspecified atom stereocenters. The van der Waals surface area contributed by atoms with Gasteiger partial charge in [0.1, 0.15) is 5.15 Å². The molecule has 5 N–H and O–H groups in total. The van der Waals surface area contributed by atoms with E-state index in [9.17, 15) is 14.7 Å². The van der Waals surface area contributed by atoms with Gasteiger partial charge in [-0.05, 0) is 52.8 Å². The molecule has 53 heavy (non-hydrogen) atoms. The zero-order chi connectivity index (χ0) is 37.2. The van der Waals surface area contributed by atoms with Crippen molar-refractivity contribution in [2.24, 2.45) is 0 Å². The van der Waals surface area contributed by atoms with Gasteiger partial charge in [-0.1, -0.05) is 115 Å². The van der Waals surface area contributed by atoms with E-state index < -0.39 is 6.29 Å². The molecule has 0 saturated carbocycles. The molecule has 0 bridgehead atoms. The molecule has 276 valence electrons. The maximum absolute atomic E-state index is 12.7. The monoisotopic (exact) mass is 755 g/mol. The van der Waals surface area contributed by atoms with Crippen LogP contribution in [0, 0.1) is 0 Å². The van der Waals surface area contributed by atoms with Crippen molar-refractivity contribution in [1.82, 2.24) is 14.9 Å². The molecule has 1 aliphatic heterocycles. The van der Waals surface area contributed by atoms with E-state index in [1.54, 1.807) is 23.0 Å². The summed E-state index contributed by atoms with van der Waals surface area (Å²) in [6.45, 7) is 0.811. The predicted molar refractivity (Wildman–Crippen MR) is 207 cm³/mol. The molecule has 2 amide bonds. The third-order valence-corrected chi connectivity index (χ3v) is 10.0. The van der Waals surface area contributed by atoms with E-state index in [4.69, 9.17) is 38.4 Å². The molecular formula is C41H43Cl2N5O5. The predicted octanol–water partition coefficient (Wildman–Crippen LogP) is 8.38. The van der Waals surface area contributed by atoms with E-state index in [1.165, 1.54) is 0 Å². The number of nitrogens with one attached hydrogen (secondary N) is 2. The van der Waals surface area contributed by atoms with Crippen molar-refractivity contribution >= 4 is 46.4 Å². The van der Waals surface area contributed by atoms with Crippen LogP contribution in [0.3, 0.4) is 0 Å². The number of rotatable bonds is 15. The molecule has 4 aromatic carbocycles. The Morgan fingerprint density at radius 1 is 0.849 bits per heavy atom. The van der Waals surface area contributed by atoms with Gasteiger partial charge in [-0.25, -0.2) is 4.98 Å². The highest BCUT2D eigenvalue weighted by Gasteiger charge is 2.33. The van der Waals surface area contributed by atoms with Crippen LogP contribution in [0.5, 0.6) is 0 Å². The minimum atomic E-state index is -0.644. The van der Waals surface area contributed by atoms with E-state index in [-0.39, 0.29) is 35.8 Å². The molecule has 1 aromatic heterocycles. The Morgan fingerprint density at radius 2 is 1.55 bits per heavy atom. The normalized spacial score (nSPS) is 17.0. The number of amides is 2. The summed E-state index contributed by atoms with van der Waals surface area (Å²) in [7, 11) is 0. The highest BCUT2D eigenvalue weighted by molar-refractivity contribution is 6.40. The maximum Gasteiger partial charge on any atom is 0.224 e. The molecular weight excluding hydrogens is 713 g/mol. The highest BCUT2D eigenvalue weighted by Crippen LogP contribution is 2.39. The minimum absolute atomic E-state index is 0.0300. The molecule has 5 aromatic rings. The van der Waals surface area contributed by atoms with E-state index >= 15 is 0 Å². The number of carbonyl (C=O) groups is 2. The summed E-state index contributed by atoms with van der Waals surface area (Å²) in [6.07, 6.45) is 3.95. The van der Waals surface area contributed by atoms with Crippen LogP contribution in [0.25, 0.3) is 11.1 Å². The lowest BCUT2D eigenvalue weighted by Crippen LogP contribution is -2.32. The number of anilines is 2. The lowest BCUT2D eigenvalue weighted by atomic mass is 9.97. The Kier molecular flexibility index (Phi) is 13.2. The van der Waals surface area contributed by atoms with Crippen molar-refractivity contribution in [2.75, 3.05) is 11.1 Å². The molecule has 1 aliphatic rings. The number of aliphatic hydroxyl groups is 1. The zero-order valence-corrected chi connectivity index (χ0v) is 30.7. The fourth-order valence-electron chi connectivity index (χ4n) is 6.35. The number of carbonyl (C=O) groups excluding carboxylic acids is 2. The fraction of sp³-hybridized carbons (Fsp3) is 0.293. The molecule has 1 saturated heterocycles. The third-order valence-electron chi connectivity index (χ3n) is 9.28. The lowest BCUT2D eigenvalue weighted by molar-refractivity contribution is -0.252. The van der Waals surface area contributed by atoms with Gasteiger partial charge in [-0.15, -0.1) is 0 Å². The number of unbranched alkanes of at least 4 members (excludes halogenated alkanes) is 2. The quantitative estimate of drug-likeness (QED) is 0.0622. The van der Waals surface area contributed by atoms with Crippen molar-refractivity contribution in [3.8, 4) is 11.1 Å². The Balaban J connectivity index is 1.04. The third kappa shape index (κ3) is 10.2. The zero-order valence-electron chi connectivity index (χ0n) is 29.2. The van der Waals surface area contributed by atoms with Gasteiger partial charge in [0.05, 0.1) is 43.1 Å². The number of imidazole rings is 1. The van der Waals surface area contributed by atoms with Crippen LogP contribution in [-0.2, 0) is 38.8 Å². The summed E-state index contributed by atoms with van der Waals surface area (Å²) in [5.41, 5.74) is 12.7. The second kappa shape index (κ2) is 18.4. The summed E-state index contributed by atoms with van der Waals surface area (Å²) in [5, 5.41) is 16.0. The van der Waals surface area contributed by atoms with Crippen molar-refractivity contribution in [1.29, 1.82) is 0 Å². The number of nitrogen functional groups attached to an aromatic ring is 1. The molecule has 12 heteroatoms. The number of benzene rings is 4. The van der Waals surface area contributed by atoms with E-state index in [1.807, 2.05) is 84.9 Å². The first kappa shape index (κ1) is 38.0. The van der Waals surface area contributed by atoms with E-state index in [0.717, 1.165) is 39.8 Å². The van der Waals surface area contributed by atoms with Crippen molar-refractivity contribution in [3.05, 3.63) is 136 Å². The summed E-state index contributed by atoms with van der Waals surface area (Å²) >= 11 is 12.5. The topological polar surface area (TPSA) is 141 Å². The van der Waals surface area contributed by atoms with Crippen LogP contribution in [0.4, 0.5) is 11.4 Å². The summed E-state index contributed by atoms with van der Waals surface area (Å²) in [6, 6.07) is 31.0. The second-order valence-corrected chi connectivity index (χ2v) is 13.8. The first-order valence-electron chi connectivity index (χ1n) is 17.7. The highest BCUT2D eigenvalue weighted by atomic mass is 35.5. The van der Waals surface area contributed by atoms with E-state index in [2.05, 4.69) is 15.6 Å². The van der Waals surface area contributed by atoms with Gasteiger partial charge in [0.2, 0.25) is 11.8 Å². The Labute approximate surface area is 319 Å². The number of nitrogens with zero attached hydrogens (tertiary/aromatic N) is 2. The molecule has 6 rings (SSSR count).